The van der Waals surface area contributed by atoms with Crippen molar-refractivity contribution in [2.24, 2.45) is 7.05 Å². The van der Waals surface area contributed by atoms with Crippen LogP contribution in [-0.4, -0.2) is 24.7 Å². The molecule has 0 aliphatic heterocycles. The third-order valence-corrected chi connectivity index (χ3v) is 4.38. The van der Waals surface area contributed by atoms with Crippen molar-refractivity contribution in [3.05, 3.63) is 33.3 Å². The van der Waals surface area contributed by atoms with Crippen molar-refractivity contribution >= 4 is 15.9 Å². The summed E-state index contributed by atoms with van der Waals surface area (Å²) < 4.78 is 4.69. The number of aliphatic hydroxyl groups excluding tert-OH is 1. The van der Waals surface area contributed by atoms with Crippen LogP contribution in [0.1, 0.15) is 42.7 Å². The van der Waals surface area contributed by atoms with Crippen molar-refractivity contribution in [1.29, 1.82) is 0 Å². The van der Waals surface area contributed by atoms with E-state index in [9.17, 15) is 5.11 Å². The Morgan fingerprint density at radius 1 is 1.35 bits per heavy atom. The van der Waals surface area contributed by atoms with Gasteiger partial charge in [-0.25, -0.2) is 0 Å². The van der Waals surface area contributed by atoms with Gasteiger partial charge in [0.2, 0.25) is 0 Å². The highest BCUT2D eigenvalue weighted by molar-refractivity contribution is 9.10. The van der Waals surface area contributed by atoms with Crippen molar-refractivity contribution in [2.75, 3.05) is 0 Å². The molecule has 0 fully saturated rings. The molecule has 2 heterocycles. The van der Waals surface area contributed by atoms with E-state index in [4.69, 9.17) is 0 Å². The summed E-state index contributed by atoms with van der Waals surface area (Å²) in [6.45, 7) is 6.80. The zero-order valence-corrected chi connectivity index (χ0v) is 14.0. The molecule has 0 spiro atoms. The van der Waals surface area contributed by atoms with Gasteiger partial charge < -0.3 is 5.11 Å². The van der Waals surface area contributed by atoms with E-state index in [0.717, 1.165) is 40.2 Å². The Bertz CT molecular complexity index is 603. The lowest BCUT2D eigenvalue weighted by Crippen LogP contribution is -2.12. The Hall–Kier alpha value is -1.14. The molecule has 2 aromatic rings. The number of aliphatic hydroxyl groups is 1. The van der Waals surface area contributed by atoms with Gasteiger partial charge in [-0.15, -0.1) is 0 Å². The average molecular weight is 341 g/mol. The minimum Gasteiger partial charge on any atom is -0.386 e. The second-order valence-electron chi connectivity index (χ2n) is 4.93. The van der Waals surface area contributed by atoms with Crippen LogP contribution in [0.2, 0.25) is 0 Å². The molecule has 1 unspecified atom stereocenters. The number of hydrogen-bond donors (Lipinski definition) is 1. The van der Waals surface area contributed by atoms with Crippen LogP contribution in [0.3, 0.4) is 0 Å². The lowest BCUT2D eigenvalue weighted by Gasteiger charge is -2.13. The van der Waals surface area contributed by atoms with Crippen molar-refractivity contribution in [2.45, 2.75) is 46.3 Å². The van der Waals surface area contributed by atoms with E-state index >= 15 is 0 Å². The molecule has 1 atom stereocenters. The molecule has 0 radical (unpaired) electrons. The van der Waals surface area contributed by atoms with Crippen molar-refractivity contribution in [1.82, 2.24) is 19.6 Å². The molecule has 0 aromatic carbocycles. The molecule has 0 bridgehead atoms. The first kappa shape index (κ1) is 15.3. The van der Waals surface area contributed by atoms with Gasteiger partial charge in [-0.1, -0.05) is 6.92 Å². The Kier molecular flexibility index (Phi) is 4.65. The van der Waals surface area contributed by atoms with E-state index < -0.39 is 6.10 Å². The number of hydrogen-bond acceptors (Lipinski definition) is 3. The normalized spacial score (nSPS) is 12.9. The molecule has 0 saturated carbocycles. The average Bonchev–Trinajstić information content (AvgIpc) is 2.93. The minimum absolute atomic E-state index is 0.523. The van der Waals surface area contributed by atoms with Crippen molar-refractivity contribution in [3.8, 4) is 0 Å². The molecule has 2 aromatic heterocycles. The standard InChI is InChI=1S/C14H21BrN4O/c1-5-10-14(15)12(18(4)17-10)8-13(20)11-7-9(3)16-19(11)6-2/h7,13,20H,5-6,8H2,1-4H3. The lowest BCUT2D eigenvalue weighted by molar-refractivity contribution is 0.164. The summed E-state index contributed by atoms with van der Waals surface area (Å²) in [5, 5.41) is 19.3. The van der Waals surface area contributed by atoms with Crippen molar-refractivity contribution in [3.63, 3.8) is 0 Å². The predicted molar refractivity (Wildman–Crippen MR) is 81.6 cm³/mol. The van der Waals surface area contributed by atoms with Crippen LogP contribution in [0, 0.1) is 6.92 Å². The quantitative estimate of drug-likeness (QED) is 0.909. The number of rotatable bonds is 5. The first-order valence-electron chi connectivity index (χ1n) is 6.90. The zero-order chi connectivity index (χ0) is 14.9. The number of aryl methyl sites for hydroxylation is 4. The molecule has 1 N–H and O–H groups in total. The Morgan fingerprint density at radius 2 is 2.05 bits per heavy atom. The smallest absolute Gasteiger partial charge is 0.101 e. The molecule has 5 nitrogen and oxygen atoms in total. The van der Waals surface area contributed by atoms with E-state index in [1.807, 2.05) is 36.3 Å². The maximum atomic E-state index is 10.5. The van der Waals surface area contributed by atoms with Gasteiger partial charge in [-0.2, -0.15) is 10.2 Å². The molecule has 0 saturated heterocycles. The topological polar surface area (TPSA) is 55.9 Å². The third kappa shape index (κ3) is 2.81. The van der Waals surface area contributed by atoms with Gasteiger partial charge in [0.15, 0.2) is 0 Å². The second kappa shape index (κ2) is 6.10. The van der Waals surface area contributed by atoms with Gasteiger partial charge in [0.1, 0.15) is 6.10 Å². The maximum Gasteiger partial charge on any atom is 0.101 e. The van der Waals surface area contributed by atoms with Crippen LogP contribution in [0.15, 0.2) is 10.5 Å². The largest absolute Gasteiger partial charge is 0.386 e. The lowest BCUT2D eigenvalue weighted by atomic mass is 10.1. The van der Waals surface area contributed by atoms with Gasteiger partial charge >= 0.3 is 0 Å². The first-order valence-corrected chi connectivity index (χ1v) is 7.69. The molecule has 0 aliphatic carbocycles. The summed E-state index contributed by atoms with van der Waals surface area (Å²) in [6, 6.07) is 1.94. The van der Waals surface area contributed by atoms with Crippen LogP contribution in [0.5, 0.6) is 0 Å². The summed E-state index contributed by atoms with van der Waals surface area (Å²) in [5.41, 5.74) is 3.82. The fourth-order valence-electron chi connectivity index (χ4n) is 2.42. The van der Waals surface area contributed by atoms with Crippen LogP contribution < -0.4 is 0 Å². The summed E-state index contributed by atoms with van der Waals surface area (Å²) in [7, 11) is 1.91. The first-order chi connectivity index (χ1) is 9.47. The minimum atomic E-state index is -0.576. The van der Waals surface area contributed by atoms with E-state index in [1.54, 1.807) is 0 Å². The highest BCUT2D eigenvalue weighted by atomic mass is 79.9. The van der Waals surface area contributed by atoms with E-state index in [0.29, 0.717) is 6.42 Å². The maximum absolute atomic E-state index is 10.5. The summed E-state index contributed by atoms with van der Waals surface area (Å²) in [4.78, 5) is 0. The molecule has 20 heavy (non-hydrogen) atoms. The van der Waals surface area contributed by atoms with Gasteiger partial charge in [-0.05, 0) is 42.3 Å². The van der Waals surface area contributed by atoms with Gasteiger partial charge in [-0.3, -0.25) is 9.36 Å². The van der Waals surface area contributed by atoms with Gasteiger partial charge in [0.25, 0.3) is 0 Å². The summed E-state index contributed by atoms with van der Waals surface area (Å²) in [5.74, 6) is 0. The van der Waals surface area contributed by atoms with Crippen molar-refractivity contribution < 1.29 is 5.11 Å². The van der Waals surface area contributed by atoms with E-state index in [-0.39, 0.29) is 0 Å². The van der Waals surface area contributed by atoms with E-state index in [1.165, 1.54) is 0 Å². The molecule has 110 valence electrons. The Balaban J connectivity index is 2.27. The molecule has 6 heteroatoms. The summed E-state index contributed by atoms with van der Waals surface area (Å²) >= 11 is 3.59. The molecule has 2 rings (SSSR count). The molecular weight excluding hydrogens is 320 g/mol. The molecule has 0 amide bonds. The number of aromatic nitrogens is 4. The second-order valence-corrected chi connectivity index (χ2v) is 5.72. The monoisotopic (exact) mass is 340 g/mol. The fourth-order valence-corrected chi connectivity index (χ4v) is 3.19. The zero-order valence-electron chi connectivity index (χ0n) is 12.4. The summed E-state index contributed by atoms with van der Waals surface area (Å²) in [6.07, 6.45) is 0.818. The number of nitrogens with zero attached hydrogens (tertiary/aromatic N) is 4. The number of halogens is 1. The van der Waals surface area contributed by atoms with Crippen LogP contribution in [0.25, 0.3) is 0 Å². The van der Waals surface area contributed by atoms with Gasteiger partial charge in [0, 0.05) is 20.0 Å². The van der Waals surface area contributed by atoms with Crippen LogP contribution in [0.4, 0.5) is 0 Å². The van der Waals surface area contributed by atoms with Crippen LogP contribution in [-0.2, 0) is 26.4 Å². The van der Waals surface area contributed by atoms with Gasteiger partial charge in [0.05, 0.1) is 27.2 Å². The van der Waals surface area contributed by atoms with E-state index in [2.05, 4.69) is 33.1 Å². The highest BCUT2D eigenvalue weighted by Gasteiger charge is 2.20. The third-order valence-electron chi connectivity index (χ3n) is 3.46. The Labute approximate surface area is 127 Å². The predicted octanol–water partition coefficient (Wildman–Crippen LogP) is 2.55. The molecular formula is C14H21BrN4O. The van der Waals surface area contributed by atoms with Crippen LogP contribution >= 0.6 is 15.9 Å². The highest BCUT2D eigenvalue weighted by Crippen LogP contribution is 2.27. The SMILES string of the molecule is CCc1nn(C)c(CC(O)c2cc(C)nn2CC)c1Br. The molecule has 0 aliphatic rings. The fraction of sp³-hybridized carbons (Fsp3) is 0.571. The Morgan fingerprint density at radius 3 is 2.60 bits per heavy atom.